The van der Waals surface area contributed by atoms with E-state index in [4.69, 9.17) is 28.2 Å². The Morgan fingerprint density at radius 2 is 1.79 bits per heavy atom. The smallest absolute Gasteiger partial charge is 0.223 e. The maximum atomic E-state index is 12.1. The second-order valence-corrected chi connectivity index (χ2v) is 7.80. The highest BCUT2D eigenvalue weighted by molar-refractivity contribution is 6.30. The maximum Gasteiger partial charge on any atom is 0.223 e. The number of piperazine rings is 1. The van der Waals surface area contributed by atoms with E-state index in [1.807, 2.05) is 36.1 Å². The van der Waals surface area contributed by atoms with Gasteiger partial charge in [0.05, 0.1) is 0 Å². The molecule has 2 heterocycles. The first-order valence-corrected chi connectivity index (χ1v) is 10.6. The minimum Gasteiger partial charge on any atom is -0.353 e. The van der Waals surface area contributed by atoms with Gasteiger partial charge in [0.25, 0.3) is 0 Å². The van der Waals surface area contributed by atoms with E-state index in [0.29, 0.717) is 25.4 Å². The molecule has 0 N–H and O–H groups in total. The van der Waals surface area contributed by atoms with Crippen LogP contribution in [0.15, 0.2) is 24.3 Å². The van der Waals surface area contributed by atoms with Crippen molar-refractivity contribution in [3.63, 3.8) is 0 Å². The number of anilines is 1. The van der Waals surface area contributed by atoms with Gasteiger partial charge in [-0.05, 0) is 31.0 Å². The monoisotopic (exact) mass is 420 g/mol. The summed E-state index contributed by atoms with van der Waals surface area (Å²) in [5.41, 5.74) is 3.43. The number of carbonyl (C=O) groups is 1. The second-order valence-electron chi connectivity index (χ2n) is 6.98. The van der Waals surface area contributed by atoms with E-state index in [1.165, 1.54) is 5.56 Å². The summed E-state index contributed by atoms with van der Waals surface area (Å²) >= 11 is 11.8. The van der Waals surface area contributed by atoms with E-state index in [-0.39, 0.29) is 5.91 Å². The average molecular weight is 421 g/mol. The largest absolute Gasteiger partial charge is 0.353 e. The molecular formula is C21H26Cl2N4O. The van der Waals surface area contributed by atoms with Gasteiger partial charge in [0, 0.05) is 61.2 Å². The highest BCUT2D eigenvalue weighted by atomic mass is 35.5. The Morgan fingerprint density at radius 1 is 1.11 bits per heavy atom. The highest BCUT2D eigenvalue weighted by Crippen LogP contribution is 2.26. The Hall–Kier alpha value is -1.85. The summed E-state index contributed by atoms with van der Waals surface area (Å²) in [5, 5.41) is 0.734. The molecule has 5 nitrogen and oxygen atoms in total. The number of alkyl halides is 1. The van der Waals surface area contributed by atoms with Crippen LogP contribution < -0.4 is 4.90 Å². The highest BCUT2D eigenvalue weighted by Gasteiger charge is 2.24. The third kappa shape index (κ3) is 4.95. The number of carbonyl (C=O) groups excluding carboxylic acids is 1. The number of nitrogens with zero attached hydrogens (tertiary/aromatic N) is 4. The van der Waals surface area contributed by atoms with Crippen LogP contribution in [-0.4, -0.2) is 52.8 Å². The van der Waals surface area contributed by atoms with Crippen molar-refractivity contribution < 1.29 is 4.79 Å². The molecule has 0 atom stereocenters. The Balaban J connectivity index is 1.85. The predicted octanol–water partition coefficient (Wildman–Crippen LogP) is 3.87. The molecule has 1 saturated heterocycles. The normalized spacial score (nSPS) is 14.4. The predicted molar refractivity (Wildman–Crippen MR) is 115 cm³/mol. The minimum atomic E-state index is 0.129. The molecule has 1 aromatic heterocycles. The lowest BCUT2D eigenvalue weighted by Gasteiger charge is -2.36. The fourth-order valence-electron chi connectivity index (χ4n) is 3.59. The molecule has 0 radical (unpaired) electrons. The number of benzene rings is 1. The van der Waals surface area contributed by atoms with Crippen molar-refractivity contribution in [1.29, 1.82) is 0 Å². The summed E-state index contributed by atoms with van der Waals surface area (Å²) in [5.74, 6) is 2.27. The van der Waals surface area contributed by atoms with E-state index in [2.05, 4.69) is 16.8 Å². The Kier molecular flexibility index (Phi) is 7.13. The molecule has 1 fully saturated rings. The van der Waals surface area contributed by atoms with Crippen molar-refractivity contribution in [2.24, 2.45) is 0 Å². The van der Waals surface area contributed by atoms with Gasteiger partial charge >= 0.3 is 0 Å². The molecule has 150 valence electrons. The first kappa shape index (κ1) is 20.9. The summed E-state index contributed by atoms with van der Waals surface area (Å²) < 4.78 is 0. The number of aromatic nitrogens is 2. The van der Waals surface area contributed by atoms with Crippen molar-refractivity contribution in [1.82, 2.24) is 14.9 Å². The van der Waals surface area contributed by atoms with Crippen LogP contribution in [0.4, 0.5) is 5.82 Å². The van der Waals surface area contributed by atoms with Gasteiger partial charge < -0.3 is 9.80 Å². The summed E-state index contributed by atoms with van der Waals surface area (Å²) in [6.45, 7) is 6.98. The molecule has 28 heavy (non-hydrogen) atoms. The van der Waals surface area contributed by atoms with Gasteiger partial charge in [-0.15, -0.1) is 11.6 Å². The third-order valence-corrected chi connectivity index (χ3v) is 5.49. The van der Waals surface area contributed by atoms with E-state index >= 15 is 0 Å². The number of halogens is 2. The molecule has 0 unspecified atom stereocenters. The standard InChI is InChI=1S/C21H26Cl2N4O/c1-3-19-18(14-16-4-6-17(23)7-5-16)21(25-15(2)24-19)27-12-10-26(11-13-27)20(28)8-9-22/h4-7H,3,8-14H2,1-2H3. The molecule has 0 spiro atoms. The molecule has 0 saturated carbocycles. The number of hydrogen-bond acceptors (Lipinski definition) is 4. The topological polar surface area (TPSA) is 49.3 Å². The lowest BCUT2D eigenvalue weighted by Crippen LogP contribution is -2.49. The van der Waals surface area contributed by atoms with E-state index < -0.39 is 0 Å². The molecule has 1 aliphatic heterocycles. The first-order valence-electron chi connectivity index (χ1n) is 9.71. The van der Waals surface area contributed by atoms with Gasteiger partial charge in [-0.25, -0.2) is 9.97 Å². The van der Waals surface area contributed by atoms with Gasteiger partial charge in [-0.3, -0.25) is 4.79 Å². The van der Waals surface area contributed by atoms with Gasteiger partial charge in [0.1, 0.15) is 11.6 Å². The Labute approximate surface area is 176 Å². The van der Waals surface area contributed by atoms with Crippen LogP contribution in [0.1, 0.15) is 36.0 Å². The SMILES string of the molecule is CCc1nc(C)nc(N2CCN(C(=O)CCCl)CC2)c1Cc1ccc(Cl)cc1. The van der Waals surface area contributed by atoms with Crippen molar-refractivity contribution in [2.45, 2.75) is 33.1 Å². The van der Waals surface area contributed by atoms with E-state index in [0.717, 1.165) is 53.9 Å². The van der Waals surface area contributed by atoms with E-state index in [9.17, 15) is 4.79 Å². The molecule has 2 aromatic rings. The molecule has 3 rings (SSSR count). The third-order valence-electron chi connectivity index (χ3n) is 5.05. The van der Waals surface area contributed by atoms with Crippen LogP contribution in [0.2, 0.25) is 5.02 Å². The van der Waals surface area contributed by atoms with Crippen molar-refractivity contribution in [3.8, 4) is 0 Å². The van der Waals surface area contributed by atoms with Crippen LogP contribution in [0.25, 0.3) is 0 Å². The minimum absolute atomic E-state index is 0.129. The van der Waals surface area contributed by atoms with Gasteiger partial charge in [-0.2, -0.15) is 0 Å². The molecule has 0 bridgehead atoms. The second kappa shape index (κ2) is 9.57. The van der Waals surface area contributed by atoms with Crippen molar-refractivity contribution in [2.75, 3.05) is 37.0 Å². The molecule has 0 aliphatic carbocycles. The zero-order chi connectivity index (χ0) is 20.1. The van der Waals surface area contributed by atoms with Crippen molar-refractivity contribution >= 4 is 34.9 Å². The number of hydrogen-bond donors (Lipinski definition) is 0. The molecule has 7 heteroatoms. The number of amides is 1. The number of aryl methyl sites for hydroxylation is 2. The van der Waals surface area contributed by atoms with Crippen LogP contribution >= 0.6 is 23.2 Å². The summed E-state index contributed by atoms with van der Waals surface area (Å²) in [4.78, 5) is 25.8. The van der Waals surface area contributed by atoms with Gasteiger partial charge in [-0.1, -0.05) is 30.7 Å². The summed E-state index contributed by atoms with van der Waals surface area (Å²) in [6, 6.07) is 7.93. The van der Waals surface area contributed by atoms with Crippen LogP contribution in [-0.2, 0) is 17.6 Å². The average Bonchev–Trinajstić information content (AvgIpc) is 2.71. The maximum absolute atomic E-state index is 12.1. The van der Waals surface area contributed by atoms with Crippen LogP contribution in [0, 0.1) is 6.92 Å². The quantitative estimate of drug-likeness (QED) is 0.665. The summed E-state index contributed by atoms with van der Waals surface area (Å²) in [6.07, 6.45) is 2.02. The molecule has 1 amide bonds. The molecular weight excluding hydrogens is 395 g/mol. The lowest BCUT2D eigenvalue weighted by molar-refractivity contribution is -0.131. The van der Waals surface area contributed by atoms with Gasteiger partial charge in [0.15, 0.2) is 0 Å². The Bertz CT molecular complexity index is 818. The fourth-order valence-corrected chi connectivity index (χ4v) is 3.87. The first-order chi connectivity index (χ1) is 13.5. The zero-order valence-electron chi connectivity index (χ0n) is 16.4. The Morgan fingerprint density at radius 3 is 2.39 bits per heavy atom. The number of rotatable bonds is 6. The zero-order valence-corrected chi connectivity index (χ0v) is 17.9. The van der Waals surface area contributed by atoms with Crippen molar-refractivity contribution in [3.05, 3.63) is 51.9 Å². The van der Waals surface area contributed by atoms with Gasteiger partial charge in [0.2, 0.25) is 5.91 Å². The molecule has 1 aliphatic rings. The lowest BCUT2D eigenvalue weighted by atomic mass is 10.0. The van der Waals surface area contributed by atoms with Crippen LogP contribution in [0.3, 0.4) is 0 Å². The van der Waals surface area contributed by atoms with E-state index in [1.54, 1.807) is 0 Å². The summed E-state index contributed by atoms with van der Waals surface area (Å²) in [7, 11) is 0. The van der Waals surface area contributed by atoms with Crippen LogP contribution in [0.5, 0.6) is 0 Å². The molecule has 1 aromatic carbocycles. The fraction of sp³-hybridized carbons (Fsp3) is 0.476.